The minimum atomic E-state index is -3.69. The second-order valence-electron chi connectivity index (χ2n) is 6.62. The Bertz CT molecular complexity index is 649. The van der Waals surface area contributed by atoms with E-state index >= 15 is 0 Å². The van der Waals surface area contributed by atoms with E-state index in [4.69, 9.17) is 0 Å². The average Bonchev–Trinajstić information content (AvgIpc) is 3.08. The van der Waals surface area contributed by atoms with Crippen LogP contribution in [-0.2, 0) is 21.2 Å². The molecule has 0 bridgehead atoms. The number of hydrogen-bond donors (Lipinski definition) is 1. The quantitative estimate of drug-likeness (QED) is 0.820. The Morgan fingerprint density at radius 1 is 1.25 bits per heavy atom. The van der Waals surface area contributed by atoms with Gasteiger partial charge in [0.05, 0.1) is 10.9 Å². The van der Waals surface area contributed by atoms with Crippen LogP contribution in [0.3, 0.4) is 0 Å². The van der Waals surface area contributed by atoms with E-state index in [9.17, 15) is 13.2 Å². The van der Waals surface area contributed by atoms with Crippen LogP contribution in [0.15, 0.2) is 29.2 Å². The van der Waals surface area contributed by atoms with Crippen LogP contribution in [0.1, 0.15) is 51.5 Å². The number of rotatable bonds is 7. The van der Waals surface area contributed by atoms with Crippen molar-refractivity contribution in [2.45, 2.75) is 69.4 Å². The van der Waals surface area contributed by atoms with E-state index in [1.54, 1.807) is 31.0 Å². The molecule has 24 heavy (non-hydrogen) atoms. The van der Waals surface area contributed by atoms with E-state index in [2.05, 4.69) is 11.6 Å². The lowest BCUT2D eigenvalue weighted by Gasteiger charge is -2.27. The molecule has 1 unspecified atom stereocenters. The minimum absolute atomic E-state index is 0.173. The van der Waals surface area contributed by atoms with Crippen LogP contribution in [-0.4, -0.2) is 38.4 Å². The van der Waals surface area contributed by atoms with Crippen LogP contribution < -0.4 is 4.72 Å². The number of benzene rings is 1. The topological polar surface area (TPSA) is 66.5 Å². The molecule has 0 aromatic heterocycles. The van der Waals surface area contributed by atoms with Gasteiger partial charge in [0.2, 0.25) is 15.9 Å². The van der Waals surface area contributed by atoms with Gasteiger partial charge in [0.25, 0.3) is 0 Å². The number of amides is 1. The monoisotopic (exact) mass is 352 g/mol. The molecule has 1 amide bonds. The summed E-state index contributed by atoms with van der Waals surface area (Å²) in [6.45, 7) is 3.69. The Morgan fingerprint density at radius 3 is 2.38 bits per heavy atom. The van der Waals surface area contributed by atoms with Crippen molar-refractivity contribution in [1.29, 1.82) is 0 Å². The average molecular weight is 353 g/mol. The maximum absolute atomic E-state index is 12.5. The summed E-state index contributed by atoms with van der Waals surface area (Å²) < 4.78 is 27.5. The normalized spacial score (nSPS) is 17.0. The van der Waals surface area contributed by atoms with Gasteiger partial charge in [-0.2, -0.15) is 4.72 Å². The van der Waals surface area contributed by atoms with Crippen LogP contribution in [0.4, 0.5) is 0 Å². The summed E-state index contributed by atoms with van der Waals surface area (Å²) in [5, 5.41) is 0. The molecule has 0 saturated heterocycles. The number of carbonyl (C=O) groups excluding carboxylic acids is 1. The first-order chi connectivity index (χ1) is 11.3. The van der Waals surface area contributed by atoms with Crippen LogP contribution in [0.2, 0.25) is 0 Å². The number of nitrogens with one attached hydrogen (secondary N) is 1. The van der Waals surface area contributed by atoms with Gasteiger partial charge in [0, 0.05) is 13.1 Å². The molecule has 5 nitrogen and oxygen atoms in total. The van der Waals surface area contributed by atoms with Crippen LogP contribution in [0.25, 0.3) is 0 Å². The van der Waals surface area contributed by atoms with Crippen molar-refractivity contribution in [3.05, 3.63) is 29.8 Å². The van der Waals surface area contributed by atoms with Gasteiger partial charge >= 0.3 is 0 Å². The Balaban J connectivity index is 2.02. The third kappa shape index (κ3) is 4.57. The molecule has 0 spiro atoms. The van der Waals surface area contributed by atoms with E-state index in [1.807, 2.05) is 12.1 Å². The van der Waals surface area contributed by atoms with Gasteiger partial charge in [-0.05, 0) is 43.9 Å². The molecule has 1 aliphatic carbocycles. The maximum Gasteiger partial charge on any atom is 0.241 e. The first kappa shape index (κ1) is 18.9. The SMILES string of the molecule is CCCc1ccc(S(=O)(=O)NC(C)C(=O)N(C)C2CCCC2)cc1. The lowest BCUT2D eigenvalue weighted by atomic mass is 10.1. The summed E-state index contributed by atoms with van der Waals surface area (Å²) in [6, 6.07) is 6.33. The van der Waals surface area contributed by atoms with Gasteiger partial charge in [-0.25, -0.2) is 8.42 Å². The summed E-state index contributed by atoms with van der Waals surface area (Å²) in [5.41, 5.74) is 1.11. The zero-order valence-corrected chi connectivity index (χ0v) is 15.6. The number of likely N-dealkylation sites (N-methyl/N-ethyl adjacent to an activating group) is 1. The van der Waals surface area contributed by atoms with Gasteiger partial charge in [0.15, 0.2) is 0 Å². The Kier molecular flexibility index (Phi) is 6.40. The summed E-state index contributed by atoms with van der Waals surface area (Å²) in [5.74, 6) is -0.173. The molecule has 2 rings (SSSR count). The molecule has 1 saturated carbocycles. The van der Waals surface area contributed by atoms with E-state index < -0.39 is 16.1 Å². The first-order valence-electron chi connectivity index (χ1n) is 8.73. The number of sulfonamides is 1. The zero-order valence-electron chi connectivity index (χ0n) is 14.8. The first-order valence-corrected chi connectivity index (χ1v) is 10.2. The number of nitrogens with zero attached hydrogens (tertiary/aromatic N) is 1. The van der Waals surface area contributed by atoms with Crippen LogP contribution in [0.5, 0.6) is 0 Å². The molecule has 0 heterocycles. The smallest absolute Gasteiger partial charge is 0.241 e. The van der Waals surface area contributed by atoms with E-state index in [0.29, 0.717) is 0 Å². The third-order valence-electron chi connectivity index (χ3n) is 4.69. The molecule has 0 aliphatic heterocycles. The minimum Gasteiger partial charge on any atom is -0.341 e. The van der Waals surface area contributed by atoms with E-state index in [1.165, 1.54) is 0 Å². The highest BCUT2D eigenvalue weighted by molar-refractivity contribution is 7.89. The van der Waals surface area contributed by atoms with Gasteiger partial charge in [-0.15, -0.1) is 0 Å². The molecule has 0 radical (unpaired) electrons. The van der Waals surface area contributed by atoms with Gasteiger partial charge in [-0.3, -0.25) is 4.79 Å². The van der Waals surface area contributed by atoms with Gasteiger partial charge in [-0.1, -0.05) is 38.3 Å². The van der Waals surface area contributed by atoms with Gasteiger partial charge < -0.3 is 4.90 Å². The van der Waals surface area contributed by atoms with Crippen molar-refractivity contribution in [2.75, 3.05) is 7.05 Å². The lowest BCUT2D eigenvalue weighted by Crippen LogP contribution is -2.48. The highest BCUT2D eigenvalue weighted by atomic mass is 32.2. The van der Waals surface area contributed by atoms with Crippen molar-refractivity contribution >= 4 is 15.9 Å². The van der Waals surface area contributed by atoms with Crippen molar-refractivity contribution in [3.8, 4) is 0 Å². The van der Waals surface area contributed by atoms with Crippen molar-refractivity contribution in [3.63, 3.8) is 0 Å². The predicted molar refractivity (Wildman–Crippen MR) is 95.2 cm³/mol. The summed E-state index contributed by atoms with van der Waals surface area (Å²) in [6.07, 6.45) is 6.21. The van der Waals surface area contributed by atoms with E-state index in [0.717, 1.165) is 44.1 Å². The summed E-state index contributed by atoms with van der Waals surface area (Å²) in [4.78, 5) is 14.4. The second-order valence-corrected chi connectivity index (χ2v) is 8.34. The fraction of sp³-hybridized carbons (Fsp3) is 0.611. The number of aryl methyl sites for hydroxylation is 1. The number of carbonyl (C=O) groups is 1. The lowest BCUT2D eigenvalue weighted by molar-refractivity contribution is -0.133. The molecule has 1 aromatic carbocycles. The highest BCUT2D eigenvalue weighted by Gasteiger charge is 2.29. The summed E-state index contributed by atoms with van der Waals surface area (Å²) in [7, 11) is -1.92. The second kappa shape index (κ2) is 8.12. The molecule has 1 N–H and O–H groups in total. The largest absolute Gasteiger partial charge is 0.341 e. The molecular formula is C18H28N2O3S. The molecule has 1 aliphatic rings. The molecule has 1 fully saturated rings. The van der Waals surface area contributed by atoms with E-state index in [-0.39, 0.29) is 16.8 Å². The maximum atomic E-state index is 12.5. The molecule has 134 valence electrons. The molecule has 1 atom stereocenters. The molecular weight excluding hydrogens is 324 g/mol. The molecule has 1 aromatic rings. The fourth-order valence-corrected chi connectivity index (χ4v) is 4.45. The fourth-order valence-electron chi connectivity index (χ4n) is 3.25. The number of hydrogen-bond acceptors (Lipinski definition) is 3. The van der Waals surface area contributed by atoms with Crippen LogP contribution in [0, 0.1) is 0 Å². The van der Waals surface area contributed by atoms with Crippen molar-refractivity contribution < 1.29 is 13.2 Å². The highest BCUT2D eigenvalue weighted by Crippen LogP contribution is 2.23. The Labute approximate surface area is 145 Å². The molecule has 6 heteroatoms. The van der Waals surface area contributed by atoms with Crippen molar-refractivity contribution in [2.24, 2.45) is 0 Å². The van der Waals surface area contributed by atoms with Gasteiger partial charge in [0.1, 0.15) is 0 Å². The third-order valence-corrected chi connectivity index (χ3v) is 6.25. The van der Waals surface area contributed by atoms with Crippen molar-refractivity contribution in [1.82, 2.24) is 9.62 Å². The summed E-state index contributed by atoms with van der Waals surface area (Å²) >= 11 is 0. The Hall–Kier alpha value is -1.40. The van der Waals surface area contributed by atoms with Crippen LogP contribution >= 0.6 is 0 Å². The zero-order chi connectivity index (χ0) is 17.7. The predicted octanol–water partition coefficient (Wildman–Crippen LogP) is 2.71. The standard InChI is InChI=1S/C18H28N2O3S/c1-4-7-15-10-12-17(13-11-15)24(22,23)19-14(2)18(21)20(3)16-8-5-6-9-16/h10-14,16,19H,4-9H2,1-3H3. The Morgan fingerprint density at radius 2 is 1.83 bits per heavy atom.